The van der Waals surface area contributed by atoms with E-state index in [2.05, 4.69) is 10.3 Å². The van der Waals surface area contributed by atoms with Gasteiger partial charge in [0.05, 0.1) is 11.7 Å². The number of carbonyl (C=O) groups excluding carboxylic acids is 1. The number of carbonyl (C=O) groups is 2. The Balaban J connectivity index is 2.02. The summed E-state index contributed by atoms with van der Waals surface area (Å²) < 4.78 is 5.40. The van der Waals surface area contributed by atoms with Crippen LogP contribution in [-0.2, 0) is 4.74 Å². The van der Waals surface area contributed by atoms with Crippen molar-refractivity contribution in [2.45, 2.75) is 19.4 Å². The van der Waals surface area contributed by atoms with E-state index in [0.717, 1.165) is 6.42 Å². The standard InChI is InChI=1S/C13H16N2O4/c1-8-9(4-6-19-8)7-15-12(16)11-10(13(17)18)3-2-5-14-11/h2-3,5,8-9H,4,6-7H2,1H3,(H,15,16)(H,17,18). The largest absolute Gasteiger partial charge is 0.478 e. The Morgan fingerprint density at radius 3 is 3.00 bits per heavy atom. The number of rotatable bonds is 4. The molecule has 102 valence electrons. The molecule has 0 bridgehead atoms. The zero-order chi connectivity index (χ0) is 13.8. The summed E-state index contributed by atoms with van der Waals surface area (Å²) in [6.45, 7) is 3.13. The molecule has 1 aromatic heterocycles. The number of ether oxygens (including phenoxy) is 1. The van der Waals surface area contributed by atoms with Crippen LogP contribution in [0.3, 0.4) is 0 Å². The van der Waals surface area contributed by atoms with Crippen molar-refractivity contribution < 1.29 is 19.4 Å². The number of pyridine rings is 1. The number of aromatic carboxylic acids is 1. The number of carboxylic acid groups (broad SMARTS) is 1. The van der Waals surface area contributed by atoms with Gasteiger partial charge in [0.25, 0.3) is 5.91 Å². The van der Waals surface area contributed by atoms with Gasteiger partial charge in [-0.3, -0.25) is 9.78 Å². The number of hydrogen-bond acceptors (Lipinski definition) is 4. The molecule has 1 amide bonds. The van der Waals surface area contributed by atoms with E-state index in [1.807, 2.05) is 6.92 Å². The van der Waals surface area contributed by atoms with Crippen LogP contribution in [0.5, 0.6) is 0 Å². The lowest BCUT2D eigenvalue weighted by molar-refractivity contribution is 0.0689. The van der Waals surface area contributed by atoms with Crippen molar-refractivity contribution in [3.05, 3.63) is 29.6 Å². The zero-order valence-electron chi connectivity index (χ0n) is 10.6. The van der Waals surface area contributed by atoms with E-state index in [9.17, 15) is 9.59 Å². The molecule has 0 spiro atoms. The van der Waals surface area contributed by atoms with E-state index >= 15 is 0 Å². The van der Waals surface area contributed by atoms with Gasteiger partial charge in [-0.1, -0.05) is 0 Å². The van der Waals surface area contributed by atoms with Crippen molar-refractivity contribution in [3.8, 4) is 0 Å². The molecule has 19 heavy (non-hydrogen) atoms. The van der Waals surface area contributed by atoms with Crippen LogP contribution in [0.15, 0.2) is 18.3 Å². The van der Waals surface area contributed by atoms with Crippen LogP contribution < -0.4 is 5.32 Å². The number of nitrogens with one attached hydrogen (secondary N) is 1. The minimum absolute atomic E-state index is 0.0541. The zero-order valence-corrected chi connectivity index (χ0v) is 10.6. The van der Waals surface area contributed by atoms with Gasteiger partial charge < -0.3 is 15.2 Å². The number of hydrogen-bond donors (Lipinski definition) is 2. The molecule has 1 aliphatic rings. The van der Waals surface area contributed by atoms with Gasteiger partial charge in [0.2, 0.25) is 0 Å². The lowest BCUT2D eigenvalue weighted by Crippen LogP contribution is -2.33. The summed E-state index contributed by atoms with van der Waals surface area (Å²) in [5.41, 5.74) is -0.141. The Kier molecular flexibility index (Phi) is 4.11. The third kappa shape index (κ3) is 3.08. The lowest BCUT2D eigenvalue weighted by Gasteiger charge is -2.14. The van der Waals surface area contributed by atoms with Crippen LogP contribution in [0.2, 0.25) is 0 Å². The quantitative estimate of drug-likeness (QED) is 0.844. The van der Waals surface area contributed by atoms with Gasteiger partial charge in [0.1, 0.15) is 5.69 Å². The highest BCUT2D eigenvalue weighted by Crippen LogP contribution is 2.19. The SMILES string of the molecule is CC1OCCC1CNC(=O)c1ncccc1C(=O)O. The van der Waals surface area contributed by atoms with Gasteiger partial charge >= 0.3 is 5.97 Å². The van der Waals surface area contributed by atoms with Gasteiger partial charge in [-0.2, -0.15) is 0 Å². The highest BCUT2D eigenvalue weighted by Gasteiger charge is 2.25. The fourth-order valence-corrected chi connectivity index (χ4v) is 2.11. The first kappa shape index (κ1) is 13.5. The third-order valence-corrected chi connectivity index (χ3v) is 3.31. The monoisotopic (exact) mass is 264 g/mol. The van der Waals surface area contributed by atoms with Gasteiger partial charge in [0.15, 0.2) is 0 Å². The molecule has 0 radical (unpaired) electrons. The third-order valence-electron chi connectivity index (χ3n) is 3.31. The fraction of sp³-hybridized carbons (Fsp3) is 0.462. The summed E-state index contributed by atoms with van der Waals surface area (Å²) in [6, 6.07) is 2.86. The van der Waals surface area contributed by atoms with Crippen molar-refractivity contribution in [2.24, 2.45) is 5.92 Å². The van der Waals surface area contributed by atoms with Crippen LogP contribution in [0, 0.1) is 5.92 Å². The second-order valence-corrected chi connectivity index (χ2v) is 4.54. The Bertz CT molecular complexity index is 489. The molecule has 2 N–H and O–H groups in total. The highest BCUT2D eigenvalue weighted by atomic mass is 16.5. The molecule has 0 aliphatic carbocycles. The molecule has 1 aromatic rings. The summed E-state index contributed by atoms with van der Waals surface area (Å²) in [4.78, 5) is 26.8. The molecule has 1 fully saturated rings. The average molecular weight is 264 g/mol. The predicted molar refractivity (Wildman–Crippen MR) is 67.1 cm³/mol. The maximum Gasteiger partial charge on any atom is 0.338 e. The van der Waals surface area contributed by atoms with Crippen molar-refractivity contribution >= 4 is 11.9 Å². The van der Waals surface area contributed by atoms with E-state index in [4.69, 9.17) is 9.84 Å². The molecular weight excluding hydrogens is 248 g/mol. The van der Waals surface area contributed by atoms with E-state index in [1.54, 1.807) is 0 Å². The molecule has 1 saturated heterocycles. The van der Waals surface area contributed by atoms with Crippen molar-refractivity contribution in [2.75, 3.05) is 13.2 Å². The summed E-state index contributed by atoms with van der Waals surface area (Å²) in [5.74, 6) is -1.35. The van der Waals surface area contributed by atoms with Crippen molar-refractivity contribution in [1.29, 1.82) is 0 Å². The van der Waals surface area contributed by atoms with Crippen molar-refractivity contribution in [3.63, 3.8) is 0 Å². The smallest absolute Gasteiger partial charge is 0.338 e. The van der Waals surface area contributed by atoms with Gasteiger partial charge in [-0.15, -0.1) is 0 Å². The van der Waals surface area contributed by atoms with E-state index in [-0.39, 0.29) is 23.3 Å². The van der Waals surface area contributed by atoms with Gasteiger partial charge in [-0.25, -0.2) is 4.79 Å². The first-order valence-corrected chi connectivity index (χ1v) is 6.17. The second-order valence-electron chi connectivity index (χ2n) is 4.54. The van der Waals surface area contributed by atoms with Crippen molar-refractivity contribution in [1.82, 2.24) is 10.3 Å². The molecule has 2 unspecified atom stereocenters. The first-order chi connectivity index (χ1) is 9.09. The molecule has 2 heterocycles. The summed E-state index contributed by atoms with van der Waals surface area (Å²) in [5, 5.41) is 11.7. The maximum absolute atomic E-state index is 12.0. The Labute approximate surface area is 110 Å². The summed E-state index contributed by atoms with van der Waals surface area (Å²) in [6.07, 6.45) is 2.42. The number of carboxylic acids is 1. The fourth-order valence-electron chi connectivity index (χ4n) is 2.11. The van der Waals surface area contributed by atoms with E-state index in [0.29, 0.717) is 13.2 Å². The molecule has 2 rings (SSSR count). The Morgan fingerprint density at radius 2 is 2.37 bits per heavy atom. The molecule has 1 aliphatic heterocycles. The number of nitrogens with zero attached hydrogens (tertiary/aromatic N) is 1. The van der Waals surface area contributed by atoms with Crippen LogP contribution >= 0.6 is 0 Å². The van der Waals surface area contributed by atoms with Crippen LogP contribution in [0.1, 0.15) is 34.2 Å². The van der Waals surface area contributed by atoms with Gasteiger partial charge in [-0.05, 0) is 25.5 Å². The van der Waals surface area contributed by atoms with E-state index in [1.165, 1.54) is 18.3 Å². The highest BCUT2D eigenvalue weighted by molar-refractivity contribution is 6.03. The topological polar surface area (TPSA) is 88.5 Å². The molecule has 6 heteroatoms. The van der Waals surface area contributed by atoms with Crippen LogP contribution in [0.25, 0.3) is 0 Å². The molecular formula is C13H16N2O4. The summed E-state index contributed by atoms with van der Waals surface area (Å²) in [7, 11) is 0. The molecule has 0 saturated carbocycles. The minimum atomic E-state index is -1.16. The van der Waals surface area contributed by atoms with Crippen LogP contribution in [-0.4, -0.2) is 41.2 Å². The second kappa shape index (κ2) is 5.79. The normalized spacial score (nSPS) is 22.2. The molecule has 6 nitrogen and oxygen atoms in total. The Morgan fingerprint density at radius 1 is 1.58 bits per heavy atom. The Hall–Kier alpha value is -1.95. The number of aromatic nitrogens is 1. The molecule has 2 atom stereocenters. The predicted octanol–water partition coefficient (Wildman–Crippen LogP) is 0.935. The minimum Gasteiger partial charge on any atom is -0.478 e. The first-order valence-electron chi connectivity index (χ1n) is 6.17. The average Bonchev–Trinajstić information content (AvgIpc) is 2.81. The van der Waals surface area contributed by atoms with Crippen LogP contribution in [0.4, 0.5) is 0 Å². The summed E-state index contributed by atoms with van der Waals surface area (Å²) >= 11 is 0. The number of amides is 1. The molecule has 0 aromatic carbocycles. The van der Waals surface area contributed by atoms with E-state index < -0.39 is 11.9 Å². The van der Waals surface area contributed by atoms with Gasteiger partial charge in [0, 0.05) is 25.3 Å². The lowest BCUT2D eigenvalue weighted by atomic mass is 10.0. The maximum atomic E-state index is 12.0.